The minimum Gasteiger partial charge on any atom is -0.366 e. The maximum Gasteiger partial charge on any atom is 0.265 e. The van der Waals surface area contributed by atoms with E-state index in [1.807, 2.05) is 0 Å². The second kappa shape index (κ2) is 3.01. The quantitative estimate of drug-likeness (QED) is 0.677. The topological polar surface area (TPSA) is 43.1 Å². The molecule has 0 aromatic carbocycles. The van der Waals surface area contributed by atoms with Gasteiger partial charge in [-0.2, -0.15) is 0 Å². The van der Waals surface area contributed by atoms with Crippen molar-refractivity contribution in [1.29, 1.82) is 0 Å². The smallest absolute Gasteiger partial charge is 0.265 e. The van der Waals surface area contributed by atoms with E-state index in [1.165, 1.54) is 0 Å². The van der Waals surface area contributed by atoms with Gasteiger partial charge in [0.25, 0.3) is 9.57 Å². The van der Waals surface area contributed by atoms with Gasteiger partial charge in [-0.15, -0.1) is 0 Å². The summed E-state index contributed by atoms with van der Waals surface area (Å²) in [4.78, 5) is 10.1. The number of hydrogen-bond donors (Lipinski definition) is 1. The fraction of sp³-hybridized carbons (Fsp3) is 0.500. The number of primary amides is 1. The maximum absolute atomic E-state index is 10.1. The Morgan fingerprint density at radius 2 is 2.00 bits per heavy atom. The summed E-state index contributed by atoms with van der Waals surface area (Å²) in [7, 11) is 5.50. The lowest BCUT2D eigenvalue weighted by Gasteiger charge is -2.07. The molecule has 0 aliphatic carbocycles. The van der Waals surface area contributed by atoms with Gasteiger partial charge in [0.2, 0.25) is 0 Å². The van der Waals surface area contributed by atoms with Gasteiger partial charge in [-0.3, -0.25) is 4.79 Å². The number of amides is 1. The zero-order valence-electron chi connectivity index (χ0n) is 3.53. The van der Waals surface area contributed by atoms with Crippen LogP contribution in [-0.4, -0.2) is 9.57 Å². The van der Waals surface area contributed by atoms with E-state index in [0.717, 1.165) is 0 Å². The highest BCUT2D eigenvalue weighted by atomic mass is 35.7. The molecule has 0 spiro atoms. The van der Waals surface area contributed by atoms with Gasteiger partial charge >= 0.3 is 0 Å². The number of carbonyl (C=O) groups excluding carboxylic acids is 1. The van der Waals surface area contributed by atoms with Gasteiger partial charge in [-0.1, -0.05) is 23.2 Å². The number of halogens is 3. The molecule has 0 aromatic rings. The predicted molar refractivity (Wildman–Crippen MR) is 37.1 cm³/mol. The largest absolute Gasteiger partial charge is 0.366 e. The molecule has 0 fully saturated rings. The van der Waals surface area contributed by atoms with Gasteiger partial charge in [-0.25, -0.2) is 0 Å². The molecule has 0 radical (unpaired) electrons. The summed E-state index contributed by atoms with van der Waals surface area (Å²) in [6.07, 6.45) is 0. The molecule has 0 bridgehead atoms. The summed E-state index contributed by atoms with van der Waals surface area (Å²) in [5.41, 5.74) is 4.67. The molecule has 1 amide bonds. The summed E-state index contributed by atoms with van der Waals surface area (Å²) in [5.74, 6) is -0.860. The molecule has 0 unspecified atom stereocenters. The Labute approximate surface area is 65.1 Å². The van der Waals surface area contributed by atoms with E-state index in [1.54, 1.807) is 0 Å². The van der Waals surface area contributed by atoms with Crippen molar-refractivity contribution in [2.45, 2.75) is 3.67 Å². The zero-order valence-corrected chi connectivity index (χ0v) is 6.61. The molecule has 2 nitrogen and oxygen atoms in total. The van der Waals surface area contributed by atoms with Crippen LogP contribution >= 0.6 is 44.9 Å². The van der Waals surface area contributed by atoms with Gasteiger partial charge < -0.3 is 5.73 Å². The third kappa shape index (κ3) is 2.31. The SMILES string of the molecule is NC(=O)C(Cl)(Cl)SCl. The highest BCUT2D eigenvalue weighted by Gasteiger charge is 2.31. The zero-order chi connectivity index (χ0) is 6.78. The Kier molecular flexibility index (Phi) is 3.27. The Morgan fingerprint density at radius 1 is 1.62 bits per heavy atom. The first-order valence-corrected chi connectivity index (χ1v) is 3.88. The van der Waals surface area contributed by atoms with E-state index in [9.17, 15) is 4.79 Å². The Balaban J connectivity index is 3.91. The molecule has 2 N–H and O–H groups in total. The molecule has 0 heterocycles. The Bertz CT molecular complexity index is 105. The normalized spacial score (nSPS) is 11.4. The van der Waals surface area contributed by atoms with Crippen LogP contribution in [0, 0.1) is 0 Å². The molecule has 0 saturated carbocycles. The van der Waals surface area contributed by atoms with E-state index in [4.69, 9.17) is 33.9 Å². The fourth-order valence-electron chi connectivity index (χ4n) is 0.0380. The van der Waals surface area contributed by atoms with Crippen LogP contribution in [-0.2, 0) is 4.79 Å². The molecular weight excluding hydrogens is 192 g/mol. The van der Waals surface area contributed by atoms with Crippen molar-refractivity contribution in [2.24, 2.45) is 5.73 Å². The van der Waals surface area contributed by atoms with Crippen molar-refractivity contribution in [3.8, 4) is 0 Å². The predicted octanol–water partition coefficient (Wildman–Crippen LogP) is 1.49. The molecule has 0 aliphatic rings. The van der Waals surface area contributed by atoms with Crippen molar-refractivity contribution in [3.63, 3.8) is 0 Å². The van der Waals surface area contributed by atoms with Crippen LogP contribution in [0.25, 0.3) is 0 Å². The average molecular weight is 194 g/mol. The first-order chi connectivity index (χ1) is 3.50. The molecule has 0 atom stereocenters. The molecule has 0 rings (SSSR count). The minimum absolute atomic E-state index is 0.464. The van der Waals surface area contributed by atoms with Crippen LogP contribution in [0.1, 0.15) is 0 Å². The number of rotatable bonds is 2. The minimum atomic E-state index is -1.69. The highest BCUT2D eigenvalue weighted by Crippen LogP contribution is 2.36. The molecule has 0 saturated heterocycles. The average Bonchev–Trinajstić information content (AvgIpc) is 1.67. The summed E-state index contributed by atoms with van der Waals surface area (Å²) >= 11 is 10.4. The van der Waals surface area contributed by atoms with Crippen molar-refractivity contribution in [2.75, 3.05) is 0 Å². The summed E-state index contributed by atoms with van der Waals surface area (Å²) in [6, 6.07) is 0. The van der Waals surface area contributed by atoms with Crippen LogP contribution in [0.3, 0.4) is 0 Å². The standard InChI is InChI=1S/C2H2Cl3NOS/c3-2(4,8-5)1(6)7/h(H2,6,7). The summed E-state index contributed by atoms with van der Waals surface area (Å²) in [5, 5.41) is 0. The Morgan fingerprint density at radius 3 is 2.00 bits per heavy atom. The summed E-state index contributed by atoms with van der Waals surface area (Å²) < 4.78 is -1.69. The first-order valence-electron chi connectivity index (χ1n) is 1.48. The fourth-order valence-corrected chi connectivity index (χ4v) is 0.342. The second-order valence-electron chi connectivity index (χ2n) is 0.958. The van der Waals surface area contributed by atoms with Gasteiger partial charge in [-0.05, 0) is 21.7 Å². The number of nitrogens with two attached hydrogens (primary N) is 1. The van der Waals surface area contributed by atoms with E-state index in [-0.39, 0.29) is 0 Å². The molecule has 8 heavy (non-hydrogen) atoms. The Hall–Kier alpha value is 0.690. The van der Waals surface area contributed by atoms with Crippen LogP contribution in [0.2, 0.25) is 0 Å². The van der Waals surface area contributed by atoms with E-state index < -0.39 is 9.57 Å². The molecule has 0 aliphatic heterocycles. The van der Waals surface area contributed by atoms with E-state index in [0.29, 0.717) is 11.0 Å². The van der Waals surface area contributed by atoms with E-state index >= 15 is 0 Å². The number of hydrogen-bond acceptors (Lipinski definition) is 2. The second-order valence-corrected chi connectivity index (χ2v) is 3.96. The van der Waals surface area contributed by atoms with Crippen LogP contribution < -0.4 is 5.73 Å². The summed E-state index contributed by atoms with van der Waals surface area (Å²) in [6.45, 7) is 0. The van der Waals surface area contributed by atoms with Gasteiger partial charge in [0.15, 0.2) is 0 Å². The maximum atomic E-state index is 10.1. The van der Waals surface area contributed by atoms with Crippen molar-refractivity contribution < 1.29 is 4.79 Å². The molecule has 6 heteroatoms. The number of carbonyl (C=O) groups is 1. The van der Waals surface area contributed by atoms with Crippen LogP contribution in [0.4, 0.5) is 0 Å². The lowest BCUT2D eigenvalue weighted by Crippen LogP contribution is -2.28. The van der Waals surface area contributed by atoms with Crippen molar-refractivity contribution in [3.05, 3.63) is 0 Å². The van der Waals surface area contributed by atoms with Crippen molar-refractivity contribution in [1.82, 2.24) is 0 Å². The van der Waals surface area contributed by atoms with Gasteiger partial charge in [0.05, 0.1) is 0 Å². The van der Waals surface area contributed by atoms with Crippen LogP contribution in [0.5, 0.6) is 0 Å². The molecule has 0 aromatic heterocycles. The van der Waals surface area contributed by atoms with Gasteiger partial charge in [0, 0.05) is 0 Å². The molecular formula is C2H2Cl3NOS. The van der Waals surface area contributed by atoms with Gasteiger partial charge in [0.1, 0.15) is 0 Å². The third-order valence-electron chi connectivity index (χ3n) is 0.384. The lowest BCUT2D eigenvalue weighted by atomic mass is 10.7. The number of alkyl halides is 2. The lowest BCUT2D eigenvalue weighted by molar-refractivity contribution is -0.117. The van der Waals surface area contributed by atoms with Crippen LogP contribution in [0.15, 0.2) is 0 Å². The van der Waals surface area contributed by atoms with Crippen molar-refractivity contribution >= 4 is 50.8 Å². The molecule has 48 valence electrons. The highest BCUT2D eigenvalue weighted by molar-refractivity contribution is 8.24. The van der Waals surface area contributed by atoms with E-state index in [2.05, 4.69) is 5.73 Å². The third-order valence-corrected chi connectivity index (χ3v) is 2.78. The first kappa shape index (κ1) is 8.69. The monoisotopic (exact) mass is 193 g/mol.